The minimum absolute atomic E-state index is 0.591. The number of rotatable bonds is 5. The molecule has 1 aliphatic rings. The smallest absolute Gasteiger partial charge is 0.148 e. The molecule has 0 saturated carbocycles. The molecule has 5 heteroatoms. The second kappa shape index (κ2) is 7.43. The van der Waals surface area contributed by atoms with E-state index in [0.29, 0.717) is 6.04 Å². The molecule has 1 aromatic heterocycles. The highest BCUT2D eigenvalue weighted by atomic mass is 15.3. The molecule has 112 valence electrons. The van der Waals surface area contributed by atoms with Crippen molar-refractivity contribution >= 4 is 11.6 Å². The summed E-state index contributed by atoms with van der Waals surface area (Å²) in [7, 11) is 0. The van der Waals surface area contributed by atoms with Gasteiger partial charge in [0, 0.05) is 18.2 Å². The molecule has 0 amide bonds. The first-order valence-electron chi connectivity index (χ1n) is 7.88. The van der Waals surface area contributed by atoms with Gasteiger partial charge in [0.25, 0.3) is 0 Å². The lowest BCUT2D eigenvalue weighted by molar-refractivity contribution is 0.550. The maximum absolute atomic E-state index is 5.62. The highest BCUT2D eigenvalue weighted by molar-refractivity contribution is 5.59. The first-order chi connectivity index (χ1) is 9.81. The molecule has 1 aromatic rings. The third-order valence-electron chi connectivity index (χ3n) is 4.18. The quantitative estimate of drug-likeness (QED) is 0.640. The van der Waals surface area contributed by atoms with E-state index in [2.05, 4.69) is 34.1 Å². The normalized spacial score (nSPS) is 19.8. The highest BCUT2D eigenvalue weighted by Gasteiger charge is 2.24. The van der Waals surface area contributed by atoms with Gasteiger partial charge in [-0.3, -0.25) is 0 Å². The van der Waals surface area contributed by atoms with Crippen LogP contribution in [0.4, 0.5) is 11.6 Å². The average Bonchev–Trinajstić information content (AvgIpc) is 2.73. The second-order valence-electron chi connectivity index (χ2n) is 5.52. The van der Waals surface area contributed by atoms with Crippen LogP contribution in [0.1, 0.15) is 57.9 Å². The molecular formula is C15H27N5. The summed E-state index contributed by atoms with van der Waals surface area (Å²) in [5.41, 5.74) is 3.90. The van der Waals surface area contributed by atoms with Crippen LogP contribution in [0.15, 0.2) is 6.33 Å². The minimum atomic E-state index is 0.591. The van der Waals surface area contributed by atoms with E-state index in [1.165, 1.54) is 32.1 Å². The van der Waals surface area contributed by atoms with Gasteiger partial charge >= 0.3 is 0 Å². The van der Waals surface area contributed by atoms with E-state index in [1.807, 2.05) is 0 Å². The van der Waals surface area contributed by atoms with Crippen LogP contribution in [0.3, 0.4) is 0 Å². The van der Waals surface area contributed by atoms with Gasteiger partial charge in [-0.05, 0) is 25.7 Å². The van der Waals surface area contributed by atoms with Crippen LogP contribution in [0, 0.1) is 0 Å². The number of hydrogen-bond donors (Lipinski definition) is 2. The van der Waals surface area contributed by atoms with Gasteiger partial charge in [-0.2, -0.15) is 0 Å². The molecule has 2 heterocycles. The molecule has 0 aromatic carbocycles. The Morgan fingerprint density at radius 1 is 1.30 bits per heavy atom. The average molecular weight is 277 g/mol. The minimum Gasteiger partial charge on any atom is -0.353 e. The maximum Gasteiger partial charge on any atom is 0.148 e. The Morgan fingerprint density at radius 3 is 2.85 bits per heavy atom. The van der Waals surface area contributed by atoms with Gasteiger partial charge in [0.05, 0.1) is 0 Å². The summed E-state index contributed by atoms with van der Waals surface area (Å²) < 4.78 is 0. The van der Waals surface area contributed by atoms with Crippen LogP contribution in [0.25, 0.3) is 0 Å². The molecule has 1 fully saturated rings. The number of hydrazine groups is 1. The van der Waals surface area contributed by atoms with Crippen LogP contribution in [0.2, 0.25) is 0 Å². The molecular weight excluding hydrogens is 250 g/mol. The van der Waals surface area contributed by atoms with Gasteiger partial charge < -0.3 is 10.3 Å². The van der Waals surface area contributed by atoms with Crippen LogP contribution >= 0.6 is 0 Å². The van der Waals surface area contributed by atoms with Gasteiger partial charge in [-0.25, -0.2) is 15.8 Å². The Morgan fingerprint density at radius 2 is 2.15 bits per heavy atom. The van der Waals surface area contributed by atoms with Gasteiger partial charge in [0.15, 0.2) is 0 Å². The predicted molar refractivity (Wildman–Crippen MR) is 83.7 cm³/mol. The van der Waals surface area contributed by atoms with E-state index in [0.717, 1.165) is 36.6 Å². The Kier molecular flexibility index (Phi) is 5.59. The first-order valence-corrected chi connectivity index (χ1v) is 7.88. The predicted octanol–water partition coefficient (Wildman–Crippen LogP) is 2.87. The summed E-state index contributed by atoms with van der Waals surface area (Å²) in [4.78, 5) is 11.3. The van der Waals surface area contributed by atoms with Crippen molar-refractivity contribution in [2.45, 2.75) is 64.8 Å². The fourth-order valence-corrected chi connectivity index (χ4v) is 3.14. The summed E-state index contributed by atoms with van der Waals surface area (Å²) in [6, 6.07) is 0.591. The zero-order valence-corrected chi connectivity index (χ0v) is 12.7. The molecule has 0 spiro atoms. The summed E-state index contributed by atoms with van der Waals surface area (Å²) in [5, 5.41) is 0. The summed E-state index contributed by atoms with van der Waals surface area (Å²) in [6.45, 7) is 5.54. The van der Waals surface area contributed by atoms with Crippen molar-refractivity contribution in [2.75, 3.05) is 16.9 Å². The molecule has 2 rings (SSSR count). The fraction of sp³-hybridized carbons (Fsp3) is 0.733. The second-order valence-corrected chi connectivity index (χ2v) is 5.52. The number of aromatic nitrogens is 2. The zero-order valence-electron chi connectivity index (χ0n) is 12.7. The largest absolute Gasteiger partial charge is 0.353 e. The van der Waals surface area contributed by atoms with Gasteiger partial charge in [0.1, 0.15) is 18.0 Å². The maximum atomic E-state index is 5.62. The fourth-order valence-electron chi connectivity index (χ4n) is 3.14. The van der Waals surface area contributed by atoms with Crippen LogP contribution in [0.5, 0.6) is 0 Å². The highest BCUT2D eigenvalue weighted by Crippen LogP contribution is 2.30. The Labute approximate surface area is 121 Å². The molecule has 5 nitrogen and oxygen atoms in total. The SMILES string of the molecule is CCCc1c(NN)ncnc1N1CCCCCC1CC. The van der Waals surface area contributed by atoms with Crippen molar-refractivity contribution in [2.24, 2.45) is 5.84 Å². The third-order valence-corrected chi connectivity index (χ3v) is 4.18. The lowest BCUT2D eigenvalue weighted by atomic mass is 10.1. The van der Waals surface area contributed by atoms with Crippen molar-refractivity contribution in [3.05, 3.63) is 11.9 Å². The summed E-state index contributed by atoms with van der Waals surface area (Å²) >= 11 is 0. The molecule has 1 unspecified atom stereocenters. The summed E-state index contributed by atoms with van der Waals surface area (Å²) in [5.74, 6) is 7.48. The third kappa shape index (κ3) is 3.20. The van der Waals surface area contributed by atoms with Gasteiger partial charge in [0.2, 0.25) is 0 Å². The number of nitrogens with two attached hydrogens (primary N) is 1. The lowest BCUT2D eigenvalue weighted by Gasteiger charge is -2.32. The molecule has 1 aliphatic heterocycles. The van der Waals surface area contributed by atoms with E-state index < -0.39 is 0 Å². The van der Waals surface area contributed by atoms with Crippen LogP contribution in [-0.4, -0.2) is 22.6 Å². The van der Waals surface area contributed by atoms with Gasteiger partial charge in [-0.15, -0.1) is 0 Å². The van der Waals surface area contributed by atoms with Gasteiger partial charge in [-0.1, -0.05) is 33.1 Å². The first kappa shape index (κ1) is 15.0. The molecule has 0 radical (unpaired) electrons. The number of nitrogen functional groups attached to an aromatic ring is 1. The van der Waals surface area contributed by atoms with E-state index in [4.69, 9.17) is 5.84 Å². The molecule has 0 aliphatic carbocycles. The van der Waals surface area contributed by atoms with Crippen molar-refractivity contribution < 1.29 is 0 Å². The Hall–Kier alpha value is -1.36. The monoisotopic (exact) mass is 277 g/mol. The van der Waals surface area contributed by atoms with Crippen molar-refractivity contribution in [3.8, 4) is 0 Å². The van der Waals surface area contributed by atoms with E-state index in [1.54, 1.807) is 6.33 Å². The topological polar surface area (TPSA) is 67.1 Å². The molecule has 20 heavy (non-hydrogen) atoms. The van der Waals surface area contributed by atoms with Crippen molar-refractivity contribution in [1.82, 2.24) is 9.97 Å². The molecule has 1 atom stereocenters. The van der Waals surface area contributed by atoms with Crippen molar-refractivity contribution in [3.63, 3.8) is 0 Å². The lowest BCUT2D eigenvalue weighted by Crippen LogP contribution is -2.36. The summed E-state index contributed by atoms with van der Waals surface area (Å²) in [6.07, 6.45) is 9.98. The molecule has 3 N–H and O–H groups in total. The van der Waals surface area contributed by atoms with E-state index in [9.17, 15) is 0 Å². The number of nitrogens with one attached hydrogen (secondary N) is 1. The number of anilines is 2. The number of hydrogen-bond acceptors (Lipinski definition) is 5. The van der Waals surface area contributed by atoms with Crippen molar-refractivity contribution in [1.29, 1.82) is 0 Å². The van der Waals surface area contributed by atoms with Crippen LogP contribution < -0.4 is 16.2 Å². The van der Waals surface area contributed by atoms with E-state index >= 15 is 0 Å². The Balaban J connectivity index is 2.37. The Bertz CT molecular complexity index is 421. The molecule has 1 saturated heterocycles. The zero-order chi connectivity index (χ0) is 14.4. The number of nitrogens with zero attached hydrogens (tertiary/aromatic N) is 3. The molecule has 0 bridgehead atoms. The standard InChI is InChI=1S/C15H27N5/c1-3-8-13-14(19-16)17-11-18-15(13)20-10-7-5-6-9-12(20)4-2/h11-12H,3-10,16H2,1-2H3,(H,17,18,19). The van der Waals surface area contributed by atoms with Crippen LogP contribution in [-0.2, 0) is 6.42 Å². The van der Waals surface area contributed by atoms with E-state index in [-0.39, 0.29) is 0 Å².